The zero-order valence-electron chi connectivity index (χ0n) is 16.7. The van der Waals surface area contributed by atoms with Crippen LogP contribution >= 0.6 is 0 Å². The second-order valence-electron chi connectivity index (χ2n) is 8.44. The first-order valence-corrected chi connectivity index (χ1v) is 10.8. The Bertz CT molecular complexity index is 1520. The summed E-state index contributed by atoms with van der Waals surface area (Å²) in [7, 11) is 0. The van der Waals surface area contributed by atoms with Crippen molar-refractivity contribution in [1.82, 2.24) is 9.97 Å². The van der Waals surface area contributed by atoms with E-state index in [4.69, 9.17) is 9.97 Å². The third-order valence-corrected chi connectivity index (χ3v) is 6.75. The van der Waals surface area contributed by atoms with Crippen LogP contribution in [-0.2, 0) is 12.8 Å². The number of aryl methyl sites for hydroxylation is 2. The van der Waals surface area contributed by atoms with Crippen molar-refractivity contribution in [1.29, 1.82) is 0 Å². The van der Waals surface area contributed by atoms with Gasteiger partial charge in [-0.2, -0.15) is 0 Å². The second-order valence-corrected chi connectivity index (χ2v) is 8.44. The molecular formula is C28H20N2. The molecule has 0 unspecified atom stereocenters. The highest BCUT2D eigenvalue weighted by Crippen LogP contribution is 2.41. The SMILES string of the molecule is c1ccc2c(c1)ccc1c3nc4c(nc3c3ccc5ccccc5c3c21)CCCC4. The Labute approximate surface area is 174 Å². The highest BCUT2D eigenvalue weighted by atomic mass is 14.8. The molecule has 0 spiro atoms. The van der Waals surface area contributed by atoms with Crippen molar-refractivity contribution in [2.45, 2.75) is 25.7 Å². The van der Waals surface area contributed by atoms with Crippen molar-refractivity contribution >= 4 is 54.1 Å². The van der Waals surface area contributed by atoms with Crippen molar-refractivity contribution in [2.24, 2.45) is 0 Å². The summed E-state index contributed by atoms with van der Waals surface area (Å²) in [6.07, 6.45) is 4.52. The third kappa shape index (κ3) is 2.14. The van der Waals surface area contributed by atoms with Crippen molar-refractivity contribution in [3.05, 3.63) is 84.2 Å². The molecule has 0 N–H and O–H groups in total. The highest BCUT2D eigenvalue weighted by molar-refractivity contribution is 6.35. The van der Waals surface area contributed by atoms with E-state index in [1.54, 1.807) is 0 Å². The van der Waals surface area contributed by atoms with Gasteiger partial charge in [-0.1, -0.05) is 72.8 Å². The fourth-order valence-corrected chi connectivity index (χ4v) is 5.34. The van der Waals surface area contributed by atoms with E-state index in [1.807, 2.05) is 0 Å². The molecule has 2 heteroatoms. The van der Waals surface area contributed by atoms with Gasteiger partial charge in [0.15, 0.2) is 0 Å². The molecule has 0 atom stereocenters. The molecule has 0 saturated carbocycles. The summed E-state index contributed by atoms with van der Waals surface area (Å²) in [6.45, 7) is 0. The lowest BCUT2D eigenvalue weighted by Gasteiger charge is -2.18. The zero-order valence-corrected chi connectivity index (χ0v) is 16.7. The largest absolute Gasteiger partial charge is 0.249 e. The Kier molecular flexibility index (Phi) is 3.25. The van der Waals surface area contributed by atoms with Crippen LogP contribution in [0.2, 0.25) is 0 Å². The van der Waals surface area contributed by atoms with Gasteiger partial charge in [0.25, 0.3) is 0 Å². The molecule has 0 aliphatic heterocycles. The highest BCUT2D eigenvalue weighted by Gasteiger charge is 2.19. The molecule has 0 bridgehead atoms. The molecule has 7 rings (SSSR count). The normalized spacial score (nSPS) is 14.1. The van der Waals surface area contributed by atoms with E-state index >= 15 is 0 Å². The van der Waals surface area contributed by atoms with Crippen molar-refractivity contribution in [3.8, 4) is 0 Å². The topological polar surface area (TPSA) is 25.8 Å². The third-order valence-electron chi connectivity index (χ3n) is 6.75. The van der Waals surface area contributed by atoms with Gasteiger partial charge in [0, 0.05) is 21.5 Å². The van der Waals surface area contributed by atoms with Crippen LogP contribution in [0, 0.1) is 0 Å². The Balaban J connectivity index is 1.84. The average molecular weight is 384 g/mol. The van der Waals surface area contributed by atoms with Crippen LogP contribution in [-0.4, -0.2) is 9.97 Å². The lowest BCUT2D eigenvalue weighted by molar-refractivity contribution is 0.655. The Hall–Kier alpha value is -3.52. The molecule has 0 radical (unpaired) electrons. The van der Waals surface area contributed by atoms with Crippen LogP contribution in [0.3, 0.4) is 0 Å². The molecule has 5 aromatic carbocycles. The first kappa shape index (κ1) is 16.3. The van der Waals surface area contributed by atoms with Gasteiger partial charge in [0.1, 0.15) is 0 Å². The number of aromatic nitrogens is 2. The van der Waals surface area contributed by atoms with Crippen LogP contribution in [0.15, 0.2) is 72.8 Å². The summed E-state index contributed by atoms with van der Waals surface area (Å²) in [5.41, 5.74) is 4.50. The Morgan fingerprint density at radius 2 is 0.933 bits per heavy atom. The van der Waals surface area contributed by atoms with Gasteiger partial charge in [-0.25, -0.2) is 9.97 Å². The van der Waals surface area contributed by atoms with Crippen LogP contribution in [0.1, 0.15) is 24.2 Å². The monoisotopic (exact) mass is 384 g/mol. The lowest BCUT2D eigenvalue weighted by atomic mass is 9.91. The van der Waals surface area contributed by atoms with E-state index in [1.165, 1.54) is 67.3 Å². The van der Waals surface area contributed by atoms with E-state index in [2.05, 4.69) is 72.8 Å². The number of benzene rings is 5. The summed E-state index contributed by atoms with van der Waals surface area (Å²) in [5.74, 6) is 0. The maximum atomic E-state index is 5.22. The minimum atomic E-state index is 1.04. The van der Waals surface area contributed by atoms with Crippen molar-refractivity contribution < 1.29 is 0 Å². The maximum Gasteiger partial charge on any atom is 0.0975 e. The lowest BCUT2D eigenvalue weighted by Crippen LogP contribution is -2.08. The molecule has 0 amide bonds. The van der Waals surface area contributed by atoms with Gasteiger partial charge < -0.3 is 0 Å². The van der Waals surface area contributed by atoms with Gasteiger partial charge in [-0.15, -0.1) is 0 Å². The van der Waals surface area contributed by atoms with Crippen LogP contribution in [0.4, 0.5) is 0 Å². The van der Waals surface area contributed by atoms with Crippen molar-refractivity contribution in [3.63, 3.8) is 0 Å². The Morgan fingerprint density at radius 1 is 0.467 bits per heavy atom. The predicted molar refractivity (Wildman–Crippen MR) is 126 cm³/mol. The molecule has 1 aliphatic rings. The van der Waals surface area contributed by atoms with Crippen LogP contribution in [0.25, 0.3) is 54.1 Å². The molecule has 142 valence electrons. The number of fused-ring (bicyclic) bond motifs is 11. The molecule has 1 aliphatic carbocycles. The number of nitrogens with zero attached hydrogens (tertiary/aromatic N) is 2. The van der Waals surface area contributed by atoms with Crippen LogP contribution < -0.4 is 0 Å². The molecule has 30 heavy (non-hydrogen) atoms. The molecule has 1 aromatic heterocycles. The molecule has 2 nitrogen and oxygen atoms in total. The van der Waals surface area contributed by atoms with Gasteiger partial charge >= 0.3 is 0 Å². The summed E-state index contributed by atoms with van der Waals surface area (Å²) in [4.78, 5) is 10.4. The number of rotatable bonds is 0. The summed E-state index contributed by atoms with van der Waals surface area (Å²) in [6, 6.07) is 26.4. The van der Waals surface area contributed by atoms with Gasteiger partial charge in [0.05, 0.1) is 22.4 Å². The minimum absolute atomic E-state index is 1.04. The van der Waals surface area contributed by atoms with Crippen LogP contribution in [0.5, 0.6) is 0 Å². The maximum absolute atomic E-state index is 5.22. The Morgan fingerprint density at radius 3 is 1.43 bits per heavy atom. The molecule has 6 aromatic rings. The fraction of sp³-hybridized carbons (Fsp3) is 0.143. The van der Waals surface area contributed by atoms with Gasteiger partial charge in [-0.05, 0) is 47.2 Å². The van der Waals surface area contributed by atoms with Gasteiger partial charge in [-0.3, -0.25) is 0 Å². The molecule has 0 saturated heterocycles. The number of hydrogen-bond donors (Lipinski definition) is 0. The summed E-state index contributed by atoms with van der Waals surface area (Å²) < 4.78 is 0. The smallest absolute Gasteiger partial charge is 0.0975 e. The number of hydrogen-bond acceptors (Lipinski definition) is 2. The van der Waals surface area contributed by atoms with Crippen molar-refractivity contribution in [2.75, 3.05) is 0 Å². The van der Waals surface area contributed by atoms with Gasteiger partial charge in [0.2, 0.25) is 0 Å². The van der Waals surface area contributed by atoms with E-state index < -0.39 is 0 Å². The summed E-state index contributed by atoms with van der Waals surface area (Å²) >= 11 is 0. The first-order chi connectivity index (χ1) is 14.9. The average Bonchev–Trinajstić information content (AvgIpc) is 2.82. The minimum Gasteiger partial charge on any atom is -0.249 e. The quantitative estimate of drug-likeness (QED) is 0.261. The van der Waals surface area contributed by atoms with E-state index in [-0.39, 0.29) is 0 Å². The molecule has 0 fully saturated rings. The van der Waals surface area contributed by atoms with E-state index in [0.717, 1.165) is 23.9 Å². The standard InChI is InChI=1S/C28H20N2/c1-3-9-19-17(7-1)13-15-21-25(19)26-20-10-4-2-8-18(20)14-16-22(26)28-27(21)29-23-11-5-6-12-24(23)30-28/h1-4,7-10,13-16H,5-6,11-12H2. The fourth-order valence-electron chi connectivity index (χ4n) is 5.34. The zero-order chi connectivity index (χ0) is 19.7. The summed E-state index contributed by atoms with van der Waals surface area (Å²) in [5, 5.41) is 10.2. The second kappa shape index (κ2) is 5.99. The molecular weight excluding hydrogens is 364 g/mol. The predicted octanol–water partition coefficient (Wildman–Crippen LogP) is 7.12. The first-order valence-electron chi connectivity index (χ1n) is 10.8. The van der Waals surface area contributed by atoms with E-state index in [9.17, 15) is 0 Å². The van der Waals surface area contributed by atoms with E-state index in [0.29, 0.717) is 0 Å². The molecule has 1 heterocycles.